The summed E-state index contributed by atoms with van der Waals surface area (Å²) in [5.74, 6) is 1.23. The van der Waals surface area contributed by atoms with Gasteiger partial charge in [-0.1, -0.05) is 13.8 Å². The molecule has 1 saturated heterocycles. The summed E-state index contributed by atoms with van der Waals surface area (Å²) in [6.45, 7) is 12.3. The molecule has 1 aromatic carbocycles. The molecule has 2 atom stereocenters. The fourth-order valence-electron chi connectivity index (χ4n) is 4.09. The van der Waals surface area contributed by atoms with E-state index in [0.717, 1.165) is 49.0 Å². The minimum absolute atomic E-state index is 0.0796. The lowest BCUT2D eigenvalue weighted by Crippen LogP contribution is -2.40. The van der Waals surface area contributed by atoms with Gasteiger partial charge in [0, 0.05) is 25.7 Å². The maximum absolute atomic E-state index is 12.4. The Labute approximate surface area is 160 Å². The summed E-state index contributed by atoms with van der Waals surface area (Å²) in [6.07, 6.45) is 2.19. The second-order valence-electron chi connectivity index (χ2n) is 8.22. The molecule has 0 spiro atoms. The number of nitrogens with one attached hydrogen (secondary N) is 1. The lowest BCUT2D eigenvalue weighted by atomic mass is 9.92. The van der Waals surface area contributed by atoms with Crippen molar-refractivity contribution in [1.29, 1.82) is 0 Å². The number of carbonyl (C=O) groups excluding carboxylic acids is 1. The van der Waals surface area contributed by atoms with Crippen molar-refractivity contribution < 1.29 is 9.21 Å². The first-order valence-corrected chi connectivity index (χ1v) is 9.89. The second-order valence-corrected chi connectivity index (χ2v) is 8.22. The minimum atomic E-state index is -0.326. The summed E-state index contributed by atoms with van der Waals surface area (Å²) in [4.78, 5) is 27.2. The van der Waals surface area contributed by atoms with Crippen LogP contribution in [0, 0.1) is 25.7 Å². The minimum Gasteiger partial charge on any atom is -0.451 e. The molecule has 0 saturated carbocycles. The van der Waals surface area contributed by atoms with Gasteiger partial charge in [-0.15, -0.1) is 0 Å². The molecule has 0 bridgehead atoms. The molecule has 3 rings (SSSR count). The number of rotatable bonds is 5. The zero-order valence-electron chi connectivity index (χ0n) is 16.8. The van der Waals surface area contributed by atoms with E-state index in [9.17, 15) is 9.59 Å². The van der Waals surface area contributed by atoms with Crippen LogP contribution in [0.3, 0.4) is 0 Å². The standard InChI is InChI=1S/C22H30N2O3/c1-14-8-15(2)13-24(12-14)7-5-6-23-22(26)21-11-19(25)18-9-16(3)17(4)10-20(18)27-21/h9-11,14-15H,5-8,12-13H2,1-4H3,(H,23,26)/t14-,15+. The number of hydrogen-bond acceptors (Lipinski definition) is 4. The van der Waals surface area contributed by atoms with Crippen LogP contribution in [0.1, 0.15) is 48.4 Å². The summed E-state index contributed by atoms with van der Waals surface area (Å²) < 4.78 is 5.69. The molecule has 1 aliphatic rings. The number of likely N-dealkylation sites (tertiary alicyclic amines) is 1. The van der Waals surface area contributed by atoms with Gasteiger partial charge in [0.25, 0.3) is 5.91 Å². The molecule has 1 amide bonds. The molecule has 1 N–H and O–H groups in total. The third-order valence-electron chi connectivity index (χ3n) is 5.45. The first-order chi connectivity index (χ1) is 12.8. The van der Waals surface area contributed by atoms with E-state index >= 15 is 0 Å². The summed E-state index contributed by atoms with van der Waals surface area (Å²) in [6, 6.07) is 4.93. The first kappa shape index (κ1) is 19.6. The van der Waals surface area contributed by atoms with Gasteiger partial charge < -0.3 is 14.6 Å². The Morgan fingerprint density at radius 3 is 2.52 bits per heavy atom. The van der Waals surface area contributed by atoms with Crippen molar-refractivity contribution in [2.75, 3.05) is 26.2 Å². The Bertz CT molecular complexity index is 877. The van der Waals surface area contributed by atoms with E-state index < -0.39 is 0 Å². The maximum atomic E-state index is 12.4. The van der Waals surface area contributed by atoms with Gasteiger partial charge in [-0.3, -0.25) is 9.59 Å². The van der Waals surface area contributed by atoms with E-state index in [-0.39, 0.29) is 17.1 Å². The van der Waals surface area contributed by atoms with Crippen LogP contribution in [0.4, 0.5) is 0 Å². The Balaban J connectivity index is 1.58. The van der Waals surface area contributed by atoms with Gasteiger partial charge in [0.1, 0.15) is 5.58 Å². The molecule has 1 aliphatic heterocycles. The van der Waals surface area contributed by atoms with E-state index in [2.05, 4.69) is 24.1 Å². The van der Waals surface area contributed by atoms with Crippen LogP contribution in [0.15, 0.2) is 27.4 Å². The molecule has 2 aromatic rings. The highest BCUT2D eigenvalue weighted by molar-refractivity contribution is 5.93. The fourth-order valence-corrected chi connectivity index (χ4v) is 4.09. The molecular weight excluding hydrogens is 340 g/mol. The highest BCUT2D eigenvalue weighted by Crippen LogP contribution is 2.21. The highest BCUT2D eigenvalue weighted by atomic mass is 16.3. The lowest BCUT2D eigenvalue weighted by Gasteiger charge is -2.34. The highest BCUT2D eigenvalue weighted by Gasteiger charge is 2.21. The van der Waals surface area contributed by atoms with Crippen LogP contribution in [0.5, 0.6) is 0 Å². The maximum Gasteiger partial charge on any atom is 0.287 e. The van der Waals surface area contributed by atoms with Gasteiger partial charge in [-0.25, -0.2) is 0 Å². The van der Waals surface area contributed by atoms with Crippen LogP contribution in [-0.2, 0) is 0 Å². The summed E-state index contributed by atoms with van der Waals surface area (Å²) in [7, 11) is 0. The van der Waals surface area contributed by atoms with Gasteiger partial charge in [0.15, 0.2) is 11.2 Å². The van der Waals surface area contributed by atoms with Gasteiger partial charge >= 0.3 is 0 Å². The number of piperidine rings is 1. The number of aryl methyl sites for hydroxylation is 2. The van der Waals surface area contributed by atoms with E-state index in [1.54, 1.807) is 0 Å². The van der Waals surface area contributed by atoms with Crippen molar-refractivity contribution >= 4 is 16.9 Å². The molecular formula is C22H30N2O3. The lowest BCUT2D eigenvalue weighted by molar-refractivity contribution is 0.0920. The number of amides is 1. The predicted molar refractivity (Wildman–Crippen MR) is 108 cm³/mol. The van der Waals surface area contributed by atoms with Crippen LogP contribution in [-0.4, -0.2) is 37.0 Å². The molecule has 2 heterocycles. The fraction of sp³-hybridized carbons (Fsp3) is 0.545. The van der Waals surface area contributed by atoms with E-state index in [0.29, 0.717) is 17.5 Å². The first-order valence-electron chi connectivity index (χ1n) is 9.89. The average molecular weight is 370 g/mol. The van der Waals surface area contributed by atoms with Gasteiger partial charge in [0.2, 0.25) is 0 Å². The van der Waals surface area contributed by atoms with E-state index in [4.69, 9.17) is 4.42 Å². The van der Waals surface area contributed by atoms with E-state index in [1.165, 1.54) is 12.5 Å². The SMILES string of the molecule is Cc1cc2oc(C(=O)NCCCN3C[C@H](C)C[C@H](C)C3)cc(=O)c2cc1C. The molecule has 27 heavy (non-hydrogen) atoms. The Hall–Kier alpha value is -2.14. The summed E-state index contributed by atoms with van der Waals surface area (Å²) in [5.41, 5.74) is 2.36. The molecule has 5 nitrogen and oxygen atoms in total. The van der Waals surface area contributed by atoms with Crippen molar-refractivity contribution in [2.45, 2.75) is 40.5 Å². The van der Waals surface area contributed by atoms with E-state index in [1.807, 2.05) is 26.0 Å². The Morgan fingerprint density at radius 2 is 1.81 bits per heavy atom. The number of fused-ring (bicyclic) bond motifs is 1. The quantitative estimate of drug-likeness (QED) is 0.818. The number of benzene rings is 1. The largest absolute Gasteiger partial charge is 0.451 e. The van der Waals surface area contributed by atoms with Gasteiger partial charge in [-0.05, 0) is 68.3 Å². The molecule has 0 unspecified atom stereocenters. The number of nitrogens with zero attached hydrogens (tertiary/aromatic N) is 1. The normalized spacial score (nSPS) is 20.7. The summed E-state index contributed by atoms with van der Waals surface area (Å²) >= 11 is 0. The number of carbonyl (C=O) groups is 1. The third kappa shape index (κ3) is 4.78. The zero-order valence-corrected chi connectivity index (χ0v) is 16.8. The second kappa shape index (κ2) is 8.26. The van der Waals surface area contributed by atoms with Crippen LogP contribution in [0.2, 0.25) is 0 Å². The topological polar surface area (TPSA) is 62.6 Å². The van der Waals surface area contributed by atoms with Gasteiger partial charge in [-0.2, -0.15) is 0 Å². The van der Waals surface area contributed by atoms with Crippen LogP contribution < -0.4 is 10.7 Å². The summed E-state index contributed by atoms with van der Waals surface area (Å²) in [5, 5.41) is 3.40. The van der Waals surface area contributed by atoms with Crippen molar-refractivity contribution in [3.63, 3.8) is 0 Å². The van der Waals surface area contributed by atoms with Crippen molar-refractivity contribution in [1.82, 2.24) is 10.2 Å². The average Bonchev–Trinajstić information content (AvgIpc) is 2.59. The molecule has 1 aromatic heterocycles. The van der Waals surface area contributed by atoms with Crippen molar-refractivity contribution in [2.24, 2.45) is 11.8 Å². The van der Waals surface area contributed by atoms with Crippen molar-refractivity contribution in [3.05, 3.63) is 45.3 Å². The molecule has 0 aliphatic carbocycles. The third-order valence-corrected chi connectivity index (χ3v) is 5.45. The monoisotopic (exact) mass is 370 g/mol. The molecule has 5 heteroatoms. The van der Waals surface area contributed by atoms with Crippen LogP contribution >= 0.6 is 0 Å². The Kier molecular flexibility index (Phi) is 6.00. The smallest absolute Gasteiger partial charge is 0.287 e. The molecule has 1 fully saturated rings. The Morgan fingerprint density at radius 1 is 1.15 bits per heavy atom. The molecule has 146 valence electrons. The molecule has 0 radical (unpaired) electrons. The number of hydrogen-bond donors (Lipinski definition) is 1. The van der Waals surface area contributed by atoms with Crippen LogP contribution in [0.25, 0.3) is 11.0 Å². The zero-order chi connectivity index (χ0) is 19.6. The van der Waals surface area contributed by atoms with Gasteiger partial charge in [0.05, 0.1) is 5.39 Å². The van der Waals surface area contributed by atoms with Crippen molar-refractivity contribution in [3.8, 4) is 0 Å². The predicted octanol–water partition coefficient (Wildman–Crippen LogP) is 3.51.